The Morgan fingerprint density at radius 1 is 1.70 bits per heavy atom. The number of aromatic amines is 1. The molecule has 3 N–H and O–H groups in total. The van der Waals surface area contributed by atoms with Crippen molar-refractivity contribution in [2.24, 2.45) is 0 Å². The van der Waals surface area contributed by atoms with Gasteiger partial charge in [0.05, 0.1) is 10.8 Å². The van der Waals surface area contributed by atoms with Crippen LogP contribution in [0.15, 0.2) is 4.52 Å². The van der Waals surface area contributed by atoms with E-state index in [-0.39, 0.29) is 11.8 Å². The lowest BCUT2D eigenvalue weighted by atomic mass is 10.1. The zero-order chi connectivity index (χ0) is 7.72. The van der Waals surface area contributed by atoms with E-state index in [1.165, 1.54) is 0 Å². The molecular weight excluding hydrogens is 134 g/mol. The predicted octanol–water partition coefficient (Wildman–Crippen LogP) is 0.228. The first-order valence-electron chi connectivity index (χ1n) is 3.02. The Morgan fingerprint density at radius 3 is 2.50 bits per heavy atom. The third-order valence-electron chi connectivity index (χ3n) is 1.26. The van der Waals surface area contributed by atoms with Gasteiger partial charge in [-0.25, -0.2) is 0 Å². The van der Waals surface area contributed by atoms with Crippen LogP contribution in [-0.2, 0) is 0 Å². The van der Waals surface area contributed by atoms with Gasteiger partial charge in [-0.1, -0.05) is 13.8 Å². The molecule has 0 unspecified atom stereocenters. The largest absolute Gasteiger partial charge is 0.362 e. The van der Waals surface area contributed by atoms with Gasteiger partial charge in [0.15, 0.2) is 4.54 Å². The molecule has 0 fully saturated rings. The third-order valence-corrected chi connectivity index (χ3v) is 1.26. The van der Waals surface area contributed by atoms with E-state index in [4.69, 9.17) is 5.73 Å². The molecule has 0 bridgehead atoms. The van der Waals surface area contributed by atoms with Gasteiger partial charge in [0.1, 0.15) is 0 Å². The van der Waals surface area contributed by atoms with Crippen molar-refractivity contribution in [3.8, 4) is 0 Å². The van der Waals surface area contributed by atoms with Crippen LogP contribution in [-0.4, -0.2) is 5.27 Å². The minimum Gasteiger partial charge on any atom is -0.362 e. The summed E-state index contributed by atoms with van der Waals surface area (Å²) in [6.07, 6.45) is 0. The number of nitrogens with two attached hydrogens (primary N) is 1. The summed E-state index contributed by atoms with van der Waals surface area (Å²) in [4.78, 5) is 10.8. The van der Waals surface area contributed by atoms with Gasteiger partial charge in [-0.3, -0.25) is 0 Å². The van der Waals surface area contributed by atoms with Gasteiger partial charge in [0.25, 0.3) is 5.88 Å². The number of H-pyrrole nitrogens is 1. The van der Waals surface area contributed by atoms with Crippen molar-refractivity contribution in [1.82, 2.24) is 5.27 Å². The van der Waals surface area contributed by atoms with E-state index in [0.717, 1.165) is 0 Å². The van der Waals surface area contributed by atoms with Gasteiger partial charge in [-0.05, 0) is 0 Å². The molecule has 0 aliphatic heterocycles. The fourth-order valence-electron chi connectivity index (χ4n) is 0.811. The van der Waals surface area contributed by atoms with Gasteiger partial charge in [-0.15, -0.1) is 0 Å². The second kappa shape index (κ2) is 2.17. The van der Waals surface area contributed by atoms with Crippen LogP contribution < -0.4 is 10.3 Å². The standard InChI is InChI=1S/C5H10N3O2/c1-3(2)4-5(6)10-7-8(4)9/h3H,6H2,1-2H3,(H,7,9)/q+1. The van der Waals surface area contributed by atoms with E-state index >= 15 is 0 Å². The fraction of sp³-hybridized carbons (Fsp3) is 0.600. The molecule has 1 aromatic heterocycles. The molecule has 0 aromatic carbocycles. The lowest BCUT2D eigenvalue weighted by Crippen LogP contribution is -2.21. The lowest BCUT2D eigenvalue weighted by Gasteiger charge is -1.87. The highest BCUT2D eigenvalue weighted by Gasteiger charge is 2.22. The SMILES string of the molecule is CC(C)c1c(N)o[nH][n+]1=O. The number of rotatable bonds is 1. The first-order valence-corrected chi connectivity index (χ1v) is 3.02. The average molecular weight is 144 g/mol. The minimum atomic E-state index is 0.0764. The van der Waals surface area contributed by atoms with E-state index < -0.39 is 0 Å². The van der Waals surface area contributed by atoms with Gasteiger partial charge >= 0.3 is 5.69 Å². The zero-order valence-electron chi connectivity index (χ0n) is 5.92. The van der Waals surface area contributed by atoms with Crippen LogP contribution >= 0.6 is 0 Å². The maximum atomic E-state index is 10.8. The Labute approximate surface area is 57.4 Å². The predicted molar refractivity (Wildman–Crippen MR) is 34.9 cm³/mol. The van der Waals surface area contributed by atoms with Gasteiger partial charge < -0.3 is 10.3 Å². The molecular formula is C5H10N3O2+. The molecule has 0 amide bonds. The van der Waals surface area contributed by atoms with Crippen LogP contribution in [0.4, 0.5) is 5.88 Å². The van der Waals surface area contributed by atoms with Crippen molar-refractivity contribution in [3.05, 3.63) is 10.6 Å². The lowest BCUT2D eigenvalue weighted by molar-refractivity contribution is -0.586. The Morgan fingerprint density at radius 2 is 2.30 bits per heavy atom. The van der Waals surface area contributed by atoms with Crippen molar-refractivity contribution < 1.29 is 9.06 Å². The van der Waals surface area contributed by atoms with E-state index in [1.54, 1.807) is 0 Å². The van der Waals surface area contributed by atoms with Gasteiger partial charge in [0, 0.05) is 5.27 Å². The molecule has 0 aliphatic carbocycles. The monoisotopic (exact) mass is 144 g/mol. The molecule has 0 saturated heterocycles. The summed E-state index contributed by atoms with van der Waals surface area (Å²) in [6, 6.07) is 0. The van der Waals surface area contributed by atoms with Crippen LogP contribution in [0.2, 0.25) is 0 Å². The highest BCUT2D eigenvalue weighted by atomic mass is 16.5. The normalized spacial score (nSPS) is 10.7. The van der Waals surface area contributed by atoms with E-state index in [1.807, 2.05) is 13.8 Å². The number of nitrogens with one attached hydrogen (secondary N) is 1. The minimum absolute atomic E-state index is 0.0764. The smallest absolute Gasteiger partial charge is 0.336 e. The van der Waals surface area contributed by atoms with E-state index in [2.05, 4.69) is 9.79 Å². The molecule has 0 saturated carbocycles. The summed E-state index contributed by atoms with van der Waals surface area (Å²) >= 11 is 0. The third kappa shape index (κ3) is 0.896. The van der Waals surface area contributed by atoms with E-state index in [0.29, 0.717) is 10.2 Å². The average Bonchev–Trinajstić information content (AvgIpc) is 2.11. The molecule has 56 valence electrons. The summed E-state index contributed by atoms with van der Waals surface area (Å²) in [5, 5.41) is 2.08. The molecule has 5 heteroatoms. The molecule has 1 heterocycles. The highest BCUT2D eigenvalue weighted by Crippen LogP contribution is 2.14. The molecule has 1 rings (SSSR count). The summed E-state index contributed by atoms with van der Waals surface area (Å²) < 4.78 is 5.09. The first-order chi connectivity index (χ1) is 4.63. The number of nitrogen functional groups attached to an aromatic ring is 1. The maximum absolute atomic E-state index is 10.8. The zero-order valence-corrected chi connectivity index (χ0v) is 5.92. The van der Waals surface area contributed by atoms with Crippen molar-refractivity contribution in [2.45, 2.75) is 19.8 Å². The summed E-state index contributed by atoms with van der Waals surface area (Å²) in [7, 11) is 0. The second-order valence-electron chi connectivity index (χ2n) is 2.39. The van der Waals surface area contributed by atoms with Crippen molar-refractivity contribution >= 4 is 5.88 Å². The molecule has 10 heavy (non-hydrogen) atoms. The highest BCUT2D eigenvalue weighted by molar-refractivity contribution is 5.27. The molecule has 0 spiro atoms. The Bertz CT molecular complexity index is 273. The van der Waals surface area contributed by atoms with Gasteiger partial charge in [-0.2, -0.15) is 0 Å². The first kappa shape index (κ1) is 6.85. The topological polar surface area (TPSA) is 77.9 Å². The number of aromatic nitrogens is 2. The fourth-order valence-corrected chi connectivity index (χ4v) is 0.811. The molecule has 5 nitrogen and oxygen atoms in total. The van der Waals surface area contributed by atoms with E-state index in [9.17, 15) is 4.91 Å². The molecule has 0 atom stereocenters. The number of anilines is 1. The summed E-state index contributed by atoms with van der Waals surface area (Å²) in [5.41, 5.74) is 5.77. The van der Waals surface area contributed by atoms with Crippen LogP contribution in [0.5, 0.6) is 0 Å². The molecule has 0 radical (unpaired) electrons. The van der Waals surface area contributed by atoms with Crippen LogP contribution in [0, 0.1) is 4.91 Å². The molecule has 0 aliphatic rings. The number of hydrogen-bond donors (Lipinski definition) is 2. The molecule has 1 aromatic rings. The Kier molecular flexibility index (Phi) is 1.48. The Hall–Kier alpha value is -1.26. The number of hydrogen-bond acceptors (Lipinski definition) is 3. The summed E-state index contributed by atoms with van der Waals surface area (Å²) in [5.74, 6) is 0.234. The van der Waals surface area contributed by atoms with Crippen molar-refractivity contribution in [1.29, 1.82) is 0 Å². The van der Waals surface area contributed by atoms with Gasteiger partial charge in [0.2, 0.25) is 0 Å². The number of nitrogens with zero attached hydrogens (tertiary/aromatic N) is 1. The van der Waals surface area contributed by atoms with Crippen molar-refractivity contribution in [2.75, 3.05) is 5.73 Å². The van der Waals surface area contributed by atoms with Crippen LogP contribution in [0.3, 0.4) is 0 Å². The Balaban J connectivity index is 3.23. The summed E-state index contributed by atoms with van der Waals surface area (Å²) in [6.45, 7) is 3.73. The maximum Gasteiger partial charge on any atom is 0.336 e. The quantitative estimate of drug-likeness (QED) is 0.554. The van der Waals surface area contributed by atoms with Crippen molar-refractivity contribution in [3.63, 3.8) is 0 Å². The van der Waals surface area contributed by atoms with Crippen LogP contribution in [0.1, 0.15) is 25.5 Å². The second-order valence-corrected chi connectivity index (χ2v) is 2.39. The van der Waals surface area contributed by atoms with Crippen LogP contribution in [0.25, 0.3) is 0 Å².